The van der Waals surface area contributed by atoms with Crippen molar-refractivity contribution >= 4 is 5.97 Å². The number of para-hydroxylation sites is 1. The van der Waals surface area contributed by atoms with Gasteiger partial charge in [-0.15, -0.1) is 10.2 Å². The predicted octanol–water partition coefficient (Wildman–Crippen LogP) is 4.16. The third-order valence-corrected chi connectivity index (χ3v) is 3.72. The molecule has 0 saturated carbocycles. The third kappa shape index (κ3) is 5.37. The highest BCUT2D eigenvalue weighted by Crippen LogP contribution is 2.22. The summed E-state index contributed by atoms with van der Waals surface area (Å²) in [5.74, 6) is 0.438. The van der Waals surface area contributed by atoms with Crippen LogP contribution in [-0.2, 0) is 11.3 Å². The molecule has 6 nitrogen and oxygen atoms in total. The van der Waals surface area contributed by atoms with Crippen molar-refractivity contribution in [2.24, 2.45) is 0 Å². The normalized spacial score (nSPS) is 11.9. The molecule has 0 bridgehead atoms. The van der Waals surface area contributed by atoms with Gasteiger partial charge in [0.15, 0.2) is 6.61 Å². The number of ether oxygens (including phenoxy) is 2. The molecule has 6 heteroatoms. The van der Waals surface area contributed by atoms with E-state index in [0.717, 1.165) is 32.1 Å². The molecular weight excluding hydrogens is 308 g/mol. The molecule has 0 N–H and O–H groups in total. The van der Waals surface area contributed by atoms with Gasteiger partial charge in [0, 0.05) is 0 Å². The van der Waals surface area contributed by atoms with E-state index in [1.54, 1.807) is 24.3 Å². The maximum absolute atomic E-state index is 12.5. The van der Waals surface area contributed by atoms with Gasteiger partial charge in [-0.3, -0.25) is 0 Å². The summed E-state index contributed by atoms with van der Waals surface area (Å²) in [6, 6.07) is 7.02. The number of esters is 1. The largest absolute Gasteiger partial charge is 0.483 e. The van der Waals surface area contributed by atoms with E-state index in [1.807, 2.05) is 6.92 Å². The summed E-state index contributed by atoms with van der Waals surface area (Å²) in [5, 5.41) is 7.34. The molecule has 2 aromatic rings. The molecule has 0 amide bonds. The van der Waals surface area contributed by atoms with Gasteiger partial charge in [0.25, 0.3) is 5.89 Å². The zero-order valence-electron chi connectivity index (χ0n) is 14.2. The fourth-order valence-corrected chi connectivity index (χ4v) is 2.34. The van der Waals surface area contributed by atoms with Gasteiger partial charge in [0.2, 0.25) is 6.39 Å². The van der Waals surface area contributed by atoms with Crippen molar-refractivity contribution in [3.63, 3.8) is 0 Å². The Balaban J connectivity index is 1.97. The first-order valence-corrected chi connectivity index (χ1v) is 8.42. The highest BCUT2D eigenvalue weighted by molar-refractivity contribution is 5.92. The second-order valence-electron chi connectivity index (χ2n) is 5.55. The van der Waals surface area contributed by atoms with E-state index < -0.39 is 0 Å². The Kier molecular flexibility index (Phi) is 7.26. The molecule has 1 heterocycles. The fraction of sp³-hybridized carbons (Fsp3) is 0.500. The molecule has 0 radical (unpaired) electrons. The quantitative estimate of drug-likeness (QED) is 0.480. The van der Waals surface area contributed by atoms with E-state index in [1.165, 1.54) is 6.39 Å². The smallest absolute Gasteiger partial charge is 0.342 e. The number of carbonyl (C=O) groups is 1. The van der Waals surface area contributed by atoms with E-state index in [9.17, 15) is 4.79 Å². The minimum absolute atomic E-state index is 0.0620. The minimum Gasteiger partial charge on any atom is -0.483 e. The molecule has 24 heavy (non-hydrogen) atoms. The highest BCUT2D eigenvalue weighted by atomic mass is 16.5. The summed E-state index contributed by atoms with van der Waals surface area (Å²) in [7, 11) is 0. The highest BCUT2D eigenvalue weighted by Gasteiger charge is 2.18. The second kappa shape index (κ2) is 9.70. The van der Waals surface area contributed by atoms with Crippen molar-refractivity contribution in [3.8, 4) is 5.75 Å². The predicted molar refractivity (Wildman–Crippen MR) is 88.7 cm³/mol. The molecule has 0 spiro atoms. The topological polar surface area (TPSA) is 74.5 Å². The number of hydrogen-bond acceptors (Lipinski definition) is 6. The fourth-order valence-electron chi connectivity index (χ4n) is 2.34. The molecule has 130 valence electrons. The Morgan fingerprint density at radius 2 is 2.08 bits per heavy atom. The summed E-state index contributed by atoms with van der Waals surface area (Å²) >= 11 is 0. The Hall–Kier alpha value is -2.37. The van der Waals surface area contributed by atoms with Crippen LogP contribution in [0.2, 0.25) is 0 Å². The lowest BCUT2D eigenvalue weighted by Gasteiger charge is -2.17. The first kappa shape index (κ1) is 18.0. The van der Waals surface area contributed by atoms with Gasteiger partial charge in [-0.2, -0.15) is 0 Å². The molecule has 1 aromatic heterocycles. The number of carbonyl (C=O) groups excluding carboxylic acids is 1. The maximum atomic E-state index is 12.5. The number of rotatable bonds is 10. The molecule has 0 fully saturated rings. The number of hydrogen-bond donors (Lipinski definition) is 0. The number of nitrogens with zero attached hydrogens (tertiary/aromatic N) is 2. The summed E-state index contributed by atoms with van der Waals surface area (Å²) in [6.07, 6.45) is 6.24. The molecule has 1 aromatic carbocycles. The Morgan fingerprint density at radius 1 is 1.25 bits per heavy atom. The summed E-state index contributed by atoms with van der Waals surface area (Å²) < 4.78 is 16.3. The van der Waals surface area contributed by atoms with Crippen molar-refractivity contribution in [3.05, 3.63) is 42.1 Å². The zero-order chi connectivity index (χ0) is 17.2. The van der Waals surface area contributed by atoms with Crippen LogP contribution in [0.15, 0.2) is 35.1 Å². The molecule has 2 rings (SSSR count). The number of benzene rings is 1. The first-order chi connectivity index (χ1) is 11.7. The van der Waals surface area contributed by atoms with Crippen LogP contribution in [0.4, 0.5) is 0 Å². The SMILES string of the molecule is CCCCCC(CC)OC(=O)c1ccccc1OCc1nnco1. The molecule has 0 aliphatic rings. The average molecular weight is 332 g/mol. The van der Waals surface area contributed by atoms with Gasteiger partial charge in [-0.25, -0.2) is 4.79 Å². The van der Waals surface area contributed by atoms with Crippen LogP contribution < -0.4 is 4.74 Å². The summed E-state index contributed by atoms with van der Waals surface area (Å²) in [6.45, 7) is 4.30. The second-order valence-corrected chi connectivity index (χ2v) is 5.55. The molecule has 1 unspecified atom stereocenters. The van der Waals surface area contributed by atoms with Crippen molar-refractivity contribution in [1.82, 2.24) is 10.2 Å². The van der Waals surface area contributed by atoms with Crippen LogP contribution in [0.5, 0.6) is 5.75 Å². The van der Waals surface area contributed by atoms with Gasteiger partial charge >= 0.3 is 5.97 Å². The lowest BCUT2D eigenvalue weighted by molar-refractivity contribution is 0.0262. The van der Waals surface area contributed by atoms with E-state index in [4.69, 9.17) is 13.9 Å². The van der Waals surface area contributed by atoms with Crippen LogP contribution in [0.3, 0.4) is 0 Å². The summed E-state index contributed by atoms with van der Waals surface area (Å²) in [4.78, 5) is 12.5. The standard InChI is InChI=1S/C18H24N2O4/c1-3-5-6-9-14(4-2)24-18(21)15-10-7-8-11-16(15)22-12-17-20-19-13-23-17/h7-8,10-11,13-14H,3-6,9,12H2,1-2H3. The van der Waals surface area contributed by atoms with Gasteiger partial charge < -0.3 is 13.9 Å². The summed E-state index contributed by atoms with van der Waals surface area (Å²) in [5.41, 5.74) is 0.408. The van der Waals surface area contributed by atoms with Crippen molar-refractivity contribution in [1.29, 1.82) is 0 Å². The monoisotopic (exact) mass is 332 g/mol. The van der Waals surface area contributed by atoms with Gasteiger partial charge in [-0.1, -0.05) is 38.8 Å². The molecule has 0 aliphatic heterocycles. The maximum Gasteiger partial charge on any atom is 0.342 e. The average Bonchev–Trinajstić information content (AvgIpc) is 3.13. The van der Waals surface area contributed by atoms with E-state index in [2.05, 4.69) is 17.1 Å². The minimum atomic E-state index is -0.362. The Morgan fingerprint density at radius 3 is 2.79 bits per heavy atom. The zero-order valence-corrected chi connectivity index (χ0v) is 14.2. The van der Waals surface area contributed by atoms with E-state index >= 15 is 0 Å². The molecule has 0 aliphatic carbocycles. The lowest BCUT2D eigenvalue weighted by atomic mass is 10.1. The van der Waals surface area contributed by atoms with Crippen molar-refractivity contribution in [2.75, 3.05) is 0 Å². The molecule has 1 atom stereocenters. The molecule has 0 saturated heterocycles. The Labute approximate surface area is 142 Å². The van der Waals surface area contributed by atoms with Gasteiger partial charge in [0.05, 0.1) is 0 Å². The van der Waals surface area contributed by atoms with Crippen LogP contribution in [0.1, 0.15) is 62.2 Å². The first-order valence-electron chi connectivity index (χ1n) is 8.42. The van der Waals surface area contributed by atoms with E-state index in [0.29, 0.717) is 17.2 Å². The number of aromatic nitrogens is 2. The van der Waals surface area contributed by atoms with E-state index in [-0.39, 0.29) is 18.7 Å². The lowest BCUT2D eigenvalue weighted by Crippen LogP contribution is -2.18. The van der Waals surface area contributed by atoms with Crippen molar-refractivity contribution < 1.29 is 18.7 Å². The van der Waals surface area contributed by atoms with Crippen LogP contribution >= 0.6 is 0 Å². The van der Waals surface area contributed by atoms with Crippen LogP contribution in [0.25, 0.3) is 0 Å². The number of unbranched alkanes of at least 4 members (excludes halogenated alkanes) is 2. The van der Waals surface area contributed by atoms with Crippen LogP contribution in [0, 0.1) is 0 Å². The molecular formula is C18H24N2O4. The van der Waals surface area contributed by atoms with Crippen molar-refractivity contribution in [2.45, 2.75) is 58.7 Å². The van der Waals surface area contributed by atoms with Gasteiger partial charge in [-0.05, 0) is 31.4 Å². The Bertz CT molecular complexity index is 613. The third-order valence-electron chi connectivity index (χ3n) is 3.72. The van der Waals surface area contributed by atoms with Gasteiger partial charge in [0.1, 0.15) is 17.4 Å². The van der Waals surface area contributed by atoms with Crippen LogP contribution in [-0.4, -0.2) is 22.3 Å².